The van der Waals surface area contributed by atoms with Gasteiger partial charge in [-0.05, 0) is 46.9 Å². The first-order valence-corrected chi connectivity index (χ1v) is 10.2. The Morgan fingerprint density at radius 3 is 2.52 bits per heavy atom. The van der Waals surface area contributed by atoms with Crippen LogP contribution in [0.4, 0.5) is 0 Å². The van der Waals surface area contributed by atoms with Gasteiger partial charge in [0.1, 0.15) is 22.6 Å². The van der Waals surface area contributed by atoms with Crippen LogP contribution in [0.15, 0.2) is 76.5 Å². The third-order valence-corrected chi connectivity index (χ3v) is 5.56. The molecule has 130 valence electrons. The fraction of sp³-hybridized carbons (Fsp3) is 0. The minimum absolute atomic E-state index is 0.491. The van der Waals surface area contributed by atoms with Gasteiger partial charge in [0.25, 0.3) is 0 Å². The maximum Gasteiger partial charge on any atom is 0.134 e. The monoisotopic (exact) mass is 480 g/mol. The molecule has 0 aliphatic rings. The predicted octanol–water partition coefficient (Wildman–Crippen LogP) is 6.74. The number of hydrogen-bond donors (Lipinski definition) is 0. The molecule has 0 amide bonds. The third kappa shape index (κ3) is 4.02. The van der Waals surface area contributed by atoms with E-state index >= 15 is 0 Å². The molecule has 4 rings (SSSR count). The fourth-order valence-corrected chi connectivity index (χ4v) is 3.78. The summed E-state index contributed by atoms with van der Waals surface area (Å²) in [5, 5.41) is 12.2. The quantitative estimate of drug-likeness (QED) is 0.240. The highest BCUT2D eigenvalue weighted by molar-refractivity contribution is 14.1. The number of hydrogen-bond acceptors (Lipinski definition) is 4. The summed E-state index contributed by atoms with van der Waals surface area (Å²) in [6.45, 7) is 0. The minimum Gasteiger partial charge on any atom is -0.457 e. The minimum atomic E-state index is 0.491. The van der Waals surface area contributed by atoms with Crippen molar-refractivity contribution in [3.8, 4) is 28.7 Å². The molecule has 2 aromatic heterocycles. The molecule has 0 N–H and O–H groups in total. The molecule has 0 saturated carbocycles. The van der Waals surface area contributed by atoms with Crippen molar-refractivity contribution < 1.29 is 4.42 Å². The van der Waals surface area contributed by atoms with Crippen LogP contribution in [0.1, 0.15) is 10.8 Å². The van der Waals surface area contributed by atoms with Gasteiger partial charge < -0.3 is 4.42 Å². The first kappa shape index (κ1) is 17.7. The Kier molecular flexibility index (Phi) is 5.19. The van der Waals surface area contributed by atoms with Gasteiger partial charge in [-0.3, -0.25) is 0 Å². The van der Waals surface area contributed by atoms with Crippen LogP contribution in [-0.2, 0) is 0 Å². The number of nitrogens with zero attached hydrogens (tertiary/aromatic N) is 2. The summed E-state index contributed by atoms with van der Waals surface area (Å²) >= 11 is 3.73. The largest absolute Gasteiger partial charge is 0.457 e. The highest BCUT2D eigenvalue weighted by Gasteiger charge is 2.11. The van der Waals surface area contributed by atoms with Gasteiger partial charge in [0.05, 0.1) is 11.3 Å². The van der Waals surface area contributed by atoms with E-state index in [0.29, 0.717) is 16.3 Å². The Morgan fingerprint density at radius 2 is 1.78 bits per heavy atom. The smallest absolute Gasteiger partial charge is 0.134 e. The van der Waals surface area contributed by atoms with Crippen molar-refractivity contribution in [2.24, 2.45) is 0 Å². The number of furan rings is 1. The molecule has 4 aromatic rings. The first-order chi connectivity index (χ1) is 13.2. The van der Waals surface area contributed by atoms with Crippen molar-refractivity contribution in [3.05, 3.63) is 86.4 Å². The number of nitriles is 1. The van der Waals surface area contributed by atoms with E-state index in [1.807, 2.05) is 72.1 Å². The molecule has 0 aliphatic heterocycles. The lowest BCUT2D eigenvalue weighted by atomic mass is 10.2. The molecule has 2 aromatic carbocycles. The predicted molar refractivity (Wildman–Crippen MR) is 118 cm³/mol. The van der Waals surface area contributed by atoms with Gasteiger partial charge in [-0.15, -0.1) is 11.3 Å². The Balaban J connectivity index is 1.62. The molecule has 0 bridgehead atoms. The highest BCUT2D eigenvalue weighted by Crippen LogP contribution is 2.29. The lowest BCUT2D eigenvalue weighted by Crippen LogP contribution is -1.82. The Morgan fingerprint density at radius 1 is 1.00 bits per heavy atom. The second-order valence-corrected chi connectivity index (χ2v) is 7.89. The van der Waals surface area contributed by atoms with Crippen LogP contribution >= 0.6 is 33.9 Å². The standard InChI is InChI=1S/C22H13IN2OS/c23-18-8-6-15(7-9-18)20-14-27-22(25-20)17(13-24)12-19-10-11-21(26-19)16-4-2-1-3-5-16/h1-12,14H. The highest BCUT2D eigenvalue weighted by atomic mass is 127. The van der Waals surface area contributed by atoms with E-state index in [0.717, 1.165) is 22.6 Å². The molecule has 0 unspecified atom stereocenters. The van der Waals surface area contributed by atoms with Crippen molar-refractivity contribution in [3.63, 3.8) is 0 Å². The maximum absolute atomic E-state index is 9.59. The summed E-state index contributed by atoms with van der Waals surface area (Å²) in [7, 11) is 0. The molecule has 0 aliphatic carbocycles. The molecular weight excluding hydrogens is 467 g/mol. The molecule has 0 radical (unpaired) electrons. The van der Waals surface area contributed by atoms with E-state index < -0.39 is 0 Å². The number of allylic oxidation sites excluding steroid dienone is 1. The molecule has 0 saturated heterocycles. The van der Waals surface area contributed by atoms with Crippen LogP contribution in [0.5, 0.6) is 0 Å². The molecule has 5 heteroatoms. The van der Waals surface area contributed by atoms with Crippen LogP contribution in [0.3, 0.4) is 0 Å². The zero-order valence-corrected chi connectivity index (χ0v) is 17.1. The zero-order valence-electron chi connectivity index (χ0n) is 14.1. The number of aromatic nitrogens is 1. The lowest BCUT2D eigenvalue weighted by Gasteiger charge is -1.97. The van der Waals surface area contributed by atoms with E-state index in [9.17, 15) is 5.26 Å². The third-order valence-electron chi connectivity index (χ3n) is 3.97. The van der Waals surface area contributed by atoms with E-state index in [-0.39, 0.29) is 0 Å². The van der Waals surface area contributed by atoms with Crippen molar-refractivity contribution >= 4 is 45.6 Å². The van der Waals surface area contributed by atoms with Crippen LogP contribution in [0.25, 0.3) is 34.2 Å². The Hall–Kier alpha value is -2.69. The topological polar surface area (TPSA) is 49.8 Å². The molecule has 2 heterocycles. The summed E-state index contributed by atoms with van der Waals surface area (Å²) in [6.07, 6.45) is 1.74. The Labute approximate surface area is 174 Å². The van der Waals surface area contributed by atoms with Crippen molar-refractivity contribution in [2.75, 3.05) is 0 Å². The van der Waals surface area contributed by atoms with E-state index in [1.54, 1.807) is 6.08 Å². The van der Waals surface area contributed by atoms with Crippen LogP contribution in [0, 0.1) is 14.9 Å². The normalized spacial score (nSPS) is 11.3. The second kappa shape index (κ2) is 7.91. The van der Waals surface area contributed by atoms with Gasteiger partial charge in [0.15, 0.2) is 0 Å². The van der Waals surface area contributed by atoms with E-state index in [2.05, 4.69) is 33.6 Å². The average molecular weight is 480 g/mol. The molecule has 0 atom stereocenters. The van der Waals surface area contributed by atoms with Crippen LogP contribution in [0.2, 0.25) is 0 Å². The molecular formula is C22H13IN2OS. The second-order valence-electron chi connectivity index (χ2n) is 5.78. The first-order valence-electron chi connectivity index (χ1n) is 8.22. The van der Waals surface area contributed by atoms with Gasteiger partial charge in [-0.1, -0.05) is 42.5 Å². The van der Waals surface area contributed by atoms with Gasteiger partial charge in [0.2, 0.25) is 0 Å². The van der Waals surface area contributed by atoms with Crippen molar-refractivity contribution in [2.45, 2.75) is 0 Å². The summed E-state index contributed by atoms with van der Waals surface area (Å²) in [6, 6.07) is 24.1. The Bertz CT molecular complexity index is 1140. The van der Waals surface area contributed by atoms with Crippen molar-refractivity contribution in [1.29, 1.82) is 5.26 Å². The summed E-state index contributed by atoms with van der Waals surface area (Å²) in [5.74, 6) is 1.41. The molecule has 3 nitrogen and oxygen atoms in total. The summed E-state index contributed by atoms with van der Waals surface area (Å²) < 4.78 is 7.05. The summed E-state index contributed by atoms with van der Waals surface area (Å²) in [4.78, 5) is 4.63. The lowest BCUT2D eigenvalue weighted by molar-refractivity contribution is 0.572. The number of halogens is 1. The van der Waals surface area contributed by atoms with E-state index in [1.165, 1.54) is 14.9 Å². The number of thiazole rings is 1. The zero-order chi connectivity index (χ0) is 18.6. The molecule has 0 spiro atoms. The summed E-state index contributed by atoms with van der Waals surface area (Å²) in [5.41, 5.74) is 3.41. The van der Waals surface area contributed by atoms with E-state index in [4.69, 9.17) is 4.42 Å². The molecule has 27 heavy (non-hydrogen) atoms. The van der Waals surface area contributed by atoms with Gasteiger partial charge in [-0.2, -0.15) is 5.26 Å². The van der Waals surface area contributed by atoms with Crippen LogP contribution in [-0.4, -0.2) is 4.98 Å². The average Bonchev–Trinajstić information content (AvgIpc) is 3.37. The van der Waals surface area contributed by atoms with Crippen LogP contribution < -0.4 is 0 Å². The molecule has 0 fully saturated rings. The van der Waals surface area contributed by atoms with Gasteiger partial charge in [0, 0.05) is 26.2 Å². The van der Waals surface area contributed by atoms with Gasteiger partial charge in [-0.25, -0.2) is 4.98 Å². The van der Waals surface area contributed by atoms with Crippen molar-refractivity contribution in [1.82, 2.24) is 4.98 Å². The number of benzene rings is 2. The van der Waals surface area contributed by atoms with Gasteiger partial charge >= 0.3 is 0 Å². The SMILES string of the molecule is N#CC(=Cc1ccc(-c2ccccc2)o1)c1nc(-c2ccc(I)cc2)cs1. The number of rotatable bonds is 4. The fourth-order valence-electron chi connectivity index (χ4n) is 2.62. The maximum atomic E-state index is 9.59.